The van der Waals surface area contributed by atoms with Gasteiger partial charge < -0.3 is 10.6 Å². The molecule has 0 saturated heterocycles. The van der Waals surface area contributed by atoms with Crippen LogP contribution in [0, 0.1) is 0 Å². The van der Waals surface area contributed by atoms with Gasteiger partial charge in [0, 0.05) is 24.6 Å². The molecule has 0 fully saturated rings. The lowest BCUT2D eigenvalue weighted by Crippen LogP contribution is -2.34. The molecule has 0 radical (unpaired) electrons. The molecule has 5 nitrogen and oxygen atoms in total. The van der Waals surface area contributed by atoms with Crippen molar-refractivity contribution in [2.75, 3.05) is 6.54 Å². The van der Waals surface area contributed by atoms with Gasteiger partial charge in [0.2, 0.25) is 5.91 Å². The van der Waals surface area contributed by atoms with Crippen molar-refractivity contribution in [1.82, 2.24) is 20.6 Å². The molecule has 1 atom stereocenters. The maximum absolute atomic E-state index is 11.7. The fourth-order valence-electron chi connectivity index (χ4n) is 1.77. The van der Waals surface area contributed by atoms with Gasteiger partial charge in [-0.2, -0.15) is 0 Å². The van der Waals surface area contributed by atoms with Gasteiger partial charge in [0.15, 0.2) is 0 Å². The smallest absolute Gasteiger partial charge is 0.234 e. The quantitative estimate of drug-likeness (QED) is 0.833. The number of pyridine rings is 2. The summed E-state index contributed by atoms with van der Waals surface area (Å²) in [7, 11) is 0. The first kappa shape index (κ1) is 14.1. The molecule has 2 aromatic rings. The highest BCUT2D eigenvalue weighted by atomic mass is 16.1. The summed E-state index contributed by atoms with van der Waals surface area (Å²) in [4.78, 5) is 19.9. The summed E-state index contributed by atoms with van der Waals surface area (Å²) in [6.45, 7) is 2.74. The van der Waals surface area contributed by atoms with Gasteiger partial charge in [0.25, 0.3) is 0 Å². The number of rotatable bonds is 6. The van der Waals surface area contributed by atoms with Gasteiger partial charge in [-0.05, 0) is 36.8 Å². The Morgan fingerprint density at radius 3 is 2.70 bits per heavy atom. The third-order valence-corrected chi connectivity index (χ3v) is 2.97. The molecular formula is C15H18N4O. The average molecular weight is 270 g/mol. The molecule has 0 aromatic carbocycles. The molecule has 0 aliphatic carbocycles. The molecule has 0 bridgehead atoms. The van der Waals surface area contributed by atoms with Crippen molar-refractivity contribution in [3.8, 4) is 0 Å². The highest BCUT2D eigenvalue weighted by Gasteiger charge is 2.07. The number of aromatic nitrogens is 2. The standard InChI is InChI=1S/C15H18N4O/c1-12(13-5-8-16-9-6-13)18-11-15(20)19-10-14-4-2-3-7-17-14/h2-9,12,18H,10-11H2,1H3,(H,19,20)/t12-/m0/s1. The van der Waals surface area contributed by atoms with E-state index in [1.807, 2.05) is 37.3 Å². The maximum atomic E-state index is 11.7. The van der Waals surface area contributed by atoms with Gasteiger partial charge in [-0.1, -0.05) is 6.07 Å². The van der Waals surface area contributed by atoms with Crippen LogP contribution in [0.3, 0.4) is 0 Å². The number of nitrogens with zero attached hydrogens (tertiary/aromatic N) is 2. The third kappa shape index (κ3) is 4.44. The largest absolute Gasteiger partial charge is 0.349 e. The normalized spacial score (nSPS) is 11.8. The molecule has 0 spiro atoms. The molecular weight excluding hydrogens is 252 g/mol. The highest BCUT2D eigenvalue weighted by Crippen LogP contribution is 2.09. The molecule has 2 N–H and O–H groups in total. The van der Waals surface area contributed by atoms with E-state index in [9.17, 15) is 4.79 Å². The summed E-state index contributed by atoms with van der Waals surface area (Å²) in [6.07, 6.45) is 5.20. The molecule has 0 unspecified atom stereocenters. The first-order valence-corrected chi connectivity index (χ1v) is 6.55. The fourth-order valence-corrected chi connectivity index (χ4v) is 1.77. The molecule has 20 heavy (non-hydrogen) atoms. The van der Waals surface area contributed by atoms with Gasteiger partial charge >= 0.3 is 0 Å². The van der Waals surface area contributed by atoms with Gasteiger partial charge in [0.1, 0.15) is 0 Å². The number of hydrogen-bond acceptors (Lipinski definition) is 4. The van der Waals surface area contributed by atoms with E-state index in [-0.39, 0.29) is 18.5 Å². The highest BCUT2D eigenvalue weighted by molar-refractivity contribution is 5.77. The van der Waals surface area contributed by atoms with E-state index in [1.54, 1.807) is 18.6 Å². The van der Waals surface area contributed by atoms with Crippen molar-refractivity contribution < 1.29 is 4.79 Å². The molecule has 0 aliphatic rings. The van der Waals surface area contributed by atoms with E-state index in [1.165, 1.54) is 0 Å². The Morgan fingerprint density at radius 1 is 1.20 bits per heavy atom. The van der Waals surface area contributed by atoms with E-state index in [2.05, 4.69) is 20.6 Å². The Bertz CT molecular complexity index is 530. The van der Waals surface area contributed by atoms with E-state index >= 15 is 0 Å². The molecule has 2 heterocycles. The molecule has 0 aliphatic heterocycles. The third-order valence-electron chi connectivity index (χ3n) is 2.97. The number of amides is 1. The van der Waals surface area contributed by atoms with E-state index < -0.39 is 0 Å². The van der Waals surface area contributed by atoms with Crippen LogP contribution >= 0.6 is 0 Å². The van der Waals surface area contributed by atoms with E-state index in [4.69, 9.17) is 0 Å². The van der Waals surface area contributed by atoms with Crippen LogP contribution in [-0.2, 0) is 11.3 Å². The van der Waals surface area contributed by atoms with Crippen molar-refractivity contribution in [2.45, 2.75) is 19.5 Å². The summed E-state index contributed by atoms with van der Waals surface area (Å²) in [5.74, 6) is -0.0449. The van der Waals surface area contributed by atoms with Crippen molar-refractivity contribution in [3.05, 3.63) is 60.2 Å². The second-order valence-corrected chi connectivity index (χ2v) is 4.48. The first-order valence-electron chi connectivity index (χ1n) is 6.55. The van der Waals surface area contributed by atoms with Gasteiger partial charge in [0.05, 0.1) is 18.8 Å². The monoisotopic (exact) mass is 270 g/mol. The van der Waals surface area contributed by atoms with E-state index in [0.29, 0.717) is 6.54 Å². The van der Waals surface area contributed by atoms with Crippen LogP contribution in [0.1, 0.15) is 24.2 Å². The molecule has 5 heteroatoms. The minimum Gasteiger partial charge on any atom is -0.349 e. The Kier molecular flexibility index (Phi) is 5.20. The van der Waals surface area contributed by atoms with Crippen molar-refractivity contribution >= 4 is 5.91 Å². The van der Waals surface area contributed by atoms with Gasteiger partial charge in [-0.25, -0.2) is 0 Å². The molecule has 104 valence electrons. The summed E-state index contributed by atoms with van der Waals surface area (Å²) in [6, 6.07) is 9.61. The SMILES string of the molecule is C[C@H](NCC(=O)NCc1ccccn1)c1ccncc1. The Balaban J connectivity index is 1.73. The van der Waals surface area contributed by atoms with Crippen LogP contribution < -0.4 is 10.6 Å². The summed E-state index contributed by atoms with van der Waals surface area (Å²) < 4.78 is 0. The van der Waals surface area contributed by atoms with Crippen LogP contribution in [0.15, 0.2) is 48.9 Å². The lowest BCUT2D eigenvalue weighted by atomic mass is 10.1. The maximum Gasteiger partial charge on any atom is 0.234 e. The lowest BCUT2D eigenvalue weighted by molar-refractivity contribution is -0.120. The summed E-state index contributed by atoms with van der Waals surface area (Å²) >= 11 is 0. The Hall–Kier alpha value is -2.27. The second kappa shape index (κ2) is 7.35. The molecule has 2 aromatic heterocycles. The first-order chi connectivity index (χ1) is 9.75. The Morgan fingerprint density at radius 2 is 2.00 bits per heavy atom. The summed E-state index contributed by atoms with van der Waals surface area (Å²) in [5, 5.41) is 6.00. The van der Waals surface area contributed by atoms with E-state index in [0.717, 1.165) is 11.3 Å². The molecule has 2 rings (SSSR count). The number of carbonyl (C=O) groups excluding carboxylic acids is 1. The Labute approximate surface area is 118 Å². The van der Waals surface area contributed by atoms with Crippen molar-refractivity contribution in [2.24, 2.45) is 0 Å². The van der Waals surface area contributed by atoms with Crippen LogP contribution in [0.2, 0.25) is 0 Å². The topological polar surface area (TPSA) is 66.9 Å². The van der Waals surface area contributed by atoms with Crippen LogP contribution in [0.25, 0.3) is 0 Å². The minimum atomic E-state index is -0.0449. The number of nitrogens with one attached hydrogen (secondary N) is 2. The van der Waals surface area contributed by atoms with Crippen LogP contribution in [0.4, 0.5) is 0 Å². The zero-order chi connectivity index (χ0) is 14.2. The van der Waals surface area contributed by atoms with Crippen LogP contribution in [-0.4, -0.2) is 22.4 Å². The van der Waals surface area contributed by atoms with Gasteiger partial charge in [-0.3, -0.25) is 14.8 Å². The van der Waals surface area contributed by atoms with Gasteiger partial charge in [-0.15, -0.1) is 0 Å². The van der Waals surface area contributed by atoms with Crippen LogP contribution in [0.5, 0.6) is 0 Å². The average Bonchev–Trinajstić information content (AvgIpc) is 2.52. The molecule has 0 saturated carbocycles. The molecule has 1 amide bonds. The zero-order valence-electron chi connectivity index (χ0n) is 11.4. The van der Waals surface area contributed by atoms with Crippen molar-refractivity contribution in [3.63, 3.8) is 0 Å². The number of carbonyl (C=O) groups is 1. The lowest BCUT2D eigenvalue weighted by Gasteiger charge is -2.13. The number of hydrogen-bond donors (Lipinski definition) is 2. The second-order valence-electron chi connectivity index (χ2n) is 4.48. The minimum absolute atomic E-state index is 0.0449. The zero-order valence-corrected chi connectivity index (χ0v) is 11.4. The fraction of sp³-hybridized carbons (Fsp3) is 0.267. The summed E-state index contributed by atoms with van der Waals surface area (Å²) in [5.41, 5.74) is 1.96. The van der Waals surface area contributed by atoms with Crippen molar-refractivity contribution in [1.29, 1.82) is 0 Å². The predicted molar refractivity (Wildman–Crippen MR) is 76.7 cm³/mol. The predicted octanol–water partition coefficient (Wildman–Crippen LogP) is 1.44.